The van der Waals surface area contributed by atoms with Crippen molar-refractivity contribution >= 4 is 22.4 Å². The second kappa shape index (κ2) is 8.62. The van der Waals surface area contributed by atoms with Gasteiger partial charge in [-0.2, -0.15) is 0 Å². The van der Waals surface area contributed by atoms with E-state index in [1.54, 1.807) is 13.2 Å². The van der Waals surface area contributed by atoms with E-state index < -0.39 is 0 Å². The van der Waals surface area contributed by atoms with Gasteiger partial charge in [0.25, 0.3) is 0 Å². The smallest absolute Gasteiger partial charge is 0.247 e. The van der Waals surface area contributed by atoms with E-state index in [-0.39, 0.29) is 5.91 Å². The molecule has 2 aromatic carbocycles. The van der Waals surface area contributed by atoms with E-state index in [0.717, 1.165) is 52.6 Å². The molecule has 1 amide bonds. The fraction of sp³-hybridized carbons (Fsp3) is 0.370. The number of ether oxygens (including phenoxy) is 1. The average Bonchev–Trinajstić information content (AvgIpc) is 3.15. The zero-order valence-corrected chi connectivity index (χ0v) is 19.1. The summed E-state index contributed by atoms with van der Waals surface area (Å²) in [5.41, 5.74) is 7.25. The second-order valence-corrected chi connectivity index (χ2v) is 8.72. The topological polar surface area (TPSA) is 42.7 Å². The Kier molecular flexibility index (Phi) is 5.90. The quantitative estimate of drug-likeness (QED) is 0.453. The molecule has 3 aromatic rings. The van der Waals surface area contributed by atoms with Gasteiger partial charge in [0.1, 0.15) is 11.3 Å². The van der Waals surface area contributed by atoms with Crippen LogP contribution in [-0.2, 0) is 4.79 Å². The summed E-state index contributed by atoms with van der Waals surface area (Å²) in [6, 6.07) is 10.7. The third kappa shape index (κ3) is 4.12. The Morgan fingerprint density at radius 2 is 1.97 bits per heavy atom. The van der Waals surface area contributed by atoms with Crippen molar-refractivity contribution in [3.63, 3.8) is 0 Å². The van der Waals surface area contributed by atoms with Crippen molar-refractivity contribution in [2.45, 2.75) is 53.0 Å². The molecule has 4 heteroatoms. The molecular weight excluding hydrogens is 386 g/mol. The highest BCUT2D eigenvalue weighted by atomic mass is 16.5. The molecule has 1 aliphatic rings. The van der Waals surface area contributed by atoms with Gasteiger partial charge in [0, 0.05) is 41.2 Å². The molecule has 1 unspecified atom stereocenters. The Balaban J connectivity index is 1.77. The molecule has 1 atom stereocenters. The van der Waals surface area contributed by atoms with Gasteiger partial charge in [-0.25, -0.2) is 0 Å². The number of allylic oxidation sites excluding steroid dienone is 1. The molecule has 0 saturated carbocycles. The van der Waals surface area contributed by atoms with Crippen molar-refractivity contribution in [3.8, 4) is 16.9 Å². The van der Waals surface area contributed by atoms with Crippen LogP contribution in [-0.4, -0.2) is 30.5 Å². The fourth-order valence-electron chi connectivity index (χ4n) is 4.63. The van der Waals surface area contributed by atoms with E-state index in [2.05, 4.69) is 45.0 Å². The molecule has 4 nitrogen and oxygen atoms in total. The van der Waals surface area contributed by atoms with E-state index >= 15 is 0 Å². The third-order valence-corrected chi connectivity index (χ3v) is 6.42. The number of piperidine rings is 1. The first-order valence-electron chi connectivity index (χ1n) is 11.0. The summed E-state index contributed by atoms with van der Waals surface area (Å²) in [4.78, 5) is 14.9. The summed E-state index contributed by atoms with van der Waals surface area (Å²) >= 11 is 0. The van der Waals surface area contributed by atoms with E-state index in [9.17, 15) is 4.79 Å². The highest BCUT2D eigenvalue weighted by Gasteiger charge is 2.22. The number of nitrogens with zero attached hydrogens (tertiary/aromatic N) is 1. The van der Waals surface area contributed by atoms with Gasteiger partial charge in [-0.3, -0.25) is 4.79 Å². The third-order valence-electron chi connectivity index (χ3n) is 6.42. The first kappa shape index (κ1) is 21.2. The lowest BCUT2D eigenvalue weighted by atomic mass is 9.96. The van der Waals surface area contributed by atoms with Crippen molar-refractivity contribution in [2.24, 2.45) is 0 Å². The second-order valence-electron chi connectivity index (χ2n) is 8.72. The van der Waals surface area contributed by atoms with Gasteiger partial charge in [-0.15, -0.1) is 0 Å². The minimum absolute atomic E-state index is 0.0775. The molecule has 1 aliphatic heterocycles. The minimum Gasteiger partial charge on any atom is -0.496 e. The Morgan fingerprint density at radius 3 is 2.68 bits per heavy atom. The molecule has 31 heavy (non-hydrogen) atoms. The lowest BCUT2D eigenvalue weighted by Gasteiger charge is -2.32. The maximum atomic E-state index is 13.0. The normalized spacial score (nSPS) is 17.3. The molecular formula is C27H31NO3. The van der Waals surface area contributed by atoms with Crippen LogP contribution in [0.5, 0.6) is 5.75 Å². The van der Waals surface area contributed by atoms with Crippen LogP contribution in [0.15, 0.2) is 47.1 Å². The number of carbonyl (C=O) groups is 1. The monoisotopic (exact) mass is 417 g/mol. The molecule has 1 fully saturated rings. The SMILES string of the molecule is COc1cc2occ(-c3ccc(C)cc3C)c2cc1/C(C)=C/C(=O)N1CCCCC1C. The maximum Gasteiger partial charge on any atom is 0.247 e. The molecule has 1 aromatic heterocycles. The standard InChI is InChI=1S/C27H31NO3/c1-17-9-10-21(18(2)12-17)24-16-31-26-15-25(30-5)22(14-23(24)26)19(3)13-27(29)28-11-7-6-8-20(28)4/h9-10,12-16,20H,6-8,11H2,1-5H3/b19-13+. The van der Waals surface area contributed by atoms with E-state index in [1.807, 2.05) is 24.2 Å². The van der Waals surface area contributed by atoms with Crippen LogP contribution in [0, 0.1) is 13.8 Å². The number of aryl methyl sites for hydroxylation is 2. The number of methoxy groups -OCH3 is 1. The van der Waals surface area contributed by atoms with E-state index in [0.29, 0.717) is 11.8 Å². The van der Waals surface area contributed by atoms with Crippen molar-refractivity contribution in [1.82, 2.24) is 4.90 Å². The number of rotatable bonds is 4. The number of hydrogen-bond donors (Lipinski definition) is 0. The first-order valence-corrected chi connectivity index (χ1v) is 11.0. The number of hydrogen-bond acceptors (Lipinski definition) is 3. The van der Waals surface area contributed by atoms with Crippen molar-refractivity contribution in [1.29, 1.82) is 0 Å². The lowest BCUT2D eigenvalue weighted by Crippen LogP contribution is -2.41. The molecule has 0 spiro atoms. The Morgan fingerprint density at radius 1 is 1.16 bits per heavy atom. The number of likely N-dealkylation sites (tertiary alicyclic amines) is 1. The summed E-state index contributed by atoms with van der Waals surface area (Å²) in [7, 11) is 1.65. The Labute approximate surface area is 184 Å². The van der Waals surface area contributed by atoms with Gasteiger partial charge in [-0.1, -0.05) is 23.8 Å². The summed E-state index contributed by atoms with van der Waals surface area (Å²) in [6.45, 7) is 9.16. The van der Waals surface area contributed by atoms with Gasteiger partial charge < -0.3 is 14.1 Å². The van der Waals surface area contributed by atoms with Gasteiger partial charge >= 0.3 is 0 Å². The number of carbonyl (C=O) groups excluding carboxylic acids is 1. The fourth-order valence-corrected chi connectivity index (χ4v) is 4.63. The van der Waals surface area contributed by atoms with Gasteiger partial charge in [0.15, 0.2) is 0 Å². The molecule has 2 heterocycles. The number of amides is 1. The molecule has 0 bridgehead atoms. The predicted molar refractivity (Wildman–Crippen MR) is 126 cm³/mol. The Hall–Kier alpha value is -3.01. The van der Waals surface area contributed by atoms with Crippen molar-refractivity contribution < 1.29 is 13.9 Å². The zero-order valence-electron chi connectivity index (χ0n) is 19.1. The molecule has 162 valence electrons. The first-order chi connectivity index (χ1) is 14.9. The van der Waals surface area contributed by atoms with Crippen molar-refractivity contribution in [3.05, 3.63) is 59.4 Å². The maximum absolute atomic E-state index is 13.0. The summed E-state index contributed by atoms with van der Waals surface area (Å²) in [5, 5.41) is 1.02. The largest absolute Gasteiger partial charge is 0.496 e. The minimum atomic E-state index is 0.0775. The van der Waals surface area contributed by atoms with E-state index in [1.165, 1.54) is 17.5 Å². The van der Waals surface area contributed by atoms with Crippen LogP contribution in [0.2, 0.25) is 0 Å². The summed E-state index contributed by atoms with van der Waals surface area (Å²) < 4.78 is 11.5. The highest BCUT2D eigenvalue weighted by Crippen LogP contribution is 2.38. The van der Waals surface area contributed by atoms with Crippen LogP contribution in [0.3, 0.4) is 0 Å². The number of benzene rings is 2. The number of fused-ring (bicyclic) bond motifs is 1. The summed E-state index contributed by atoms with van der Waals surface area (Å²) in [6.07, 6.45) is 6.90. The molecule has 1 saturated heterocycles. The van der Waals surface area contributed by atoms with Gasteiger partial charge in [0.2, 0.25) is 5.91 Å². The van der Waals surface area contributed by atoms with Gasteiger partial charge in [-0.05, 0) is 69.7 Å². The van der Waals surface area contributed by atoms with Crippen LogP contribution in [0.25, 0.3) is 27.7 Å². The lowest BCUT2D eigenvalue weighted by molar-refractivity contribution is -0.129. The molecule has 0 aliphatic carbocycles. The predicted octanol–water partition coefficient (Wildman–Crippen LogP) is 6.53. The van der Waals surface area contributed by atoms with Gasteiger partial charge in [0.05, 0.1) is 13.4 Å². The molecule has 0 radical (unpaired) electrons. The van der Waals surface area contributed by atoms with Crippen LogP contribution >= 0.6 is 0 Å². The average molecular weight is 418 g/mol. The number of furan rings is 1. The van der Waals surface area contributed by atoms with E-state index in [4.69, 9.17) is 9.15 Å². The Bertz CT molecular complexity index is 1150. The highest BCUT2D eigenvalue weighted by molar-refractivity contribution is 6.00. The molecule has 4 rings (SSSR count). The van der Waals surface area contributed by atoms with Crippen molar-refractivity contribution in [2.75, 3.05) is 13.7 Å². The zero-order chi connectivity index (χ0) is 22.1. The van der Waals surface area contributed by atoms with Crippen LogP contribution < -0.4 is 4.74 Å². The van der Waals surface area contributed by atoms with Crippen LogP contribution in [0.1, 0.15) is 49.8 Å². The summed E-state index contributed by atoms with van der Waals surface area (Å²) in [5.74, 6) is 0.788. The molecule has 0 N–H and O–H groups in total. The van der Waals surface area contributed by atoms with Crippen LogP contribution in [0.4, 0.5) is 0 Å².